The highest BCUT2D eigenvalue weighted by Crippen LogP contribution is 2.22. The van der Waals surface area contributed by atoms with Crippen LogP contribution in [0.3, 0.4) is 0 Å². The Bertz CT molecular complexity index is 797. The van der Waals surface area contributed by atoms with Crippen molar-refractivity contribution in [1.29, 1.82) is 0 Å². The number of nitrogens with zero attached hydrogens (tertiary/aromatic N) is 1. The first-order valence-corrected chi connectivity index (χ1v) is 7.60. The Balaban J connectivity index is 1.72. The summed E-state index contributed by atoms with van der Waals surface area (Å²) in [5.41, 5.74) is 2.09. The lowest BCUT2D eigenvalue weighted by atomic mass is 10.1. The van der Waals surface area contributed by atoms with Crippen molar-refractivity contribution in [2.24, 2.45) is 0 Å². The van der Waals surface area contributed by atoms with Gasteiger partial charge >= 0.3 is 0 Å². The number of rotatable bonds is 4. The Morgan fingerprint density at radius 2 is 1.83 bits per heavy atom. The first kappa shape index (κ1) is 15.3. The summed E-state index contributed by atoms with van der Waals surface area (Å²) >= 11 is 5.86. The van der Waals surface area contributed by atoms with Gasteiger partial charge in [-0.3, -0.25) is 4.79 Å². The molecule has 0 spiro atoms. The summed E-state index contributed by atoms with van der Waals surface area (Å²) in [5, 5.41) is 7.39. The average Bonchev–Trinajstić information content (AvgIpc) is 3.06. The van der Waals surface area contributed by atoms with Gasteiger partial charge in [-0.1, -0.05) is 47.1 Å². The quantitative estimate of drug-likeness (QED) is 0.768. The van der Waals surface area contributed by atoms with Crippen LogP contribution >= 0.6 is 11.6 Å². The summed E-state index contributed by atoms with van der Waals surface area (Å²) in [4.78, 5) is 12.3. The molecule has 0 radical (unpaired) electrons. The molecule has 1 heterocycles. The zero-order valence-electron chi connectivity index (χ0n) is 12.5. The van der Waals surface area contributed by atoms with Crippen molar-refractivity contribution in [3.63, 3.8) is 0 Å². The maximum Gasteiger partial charge on any atom is 0.273 e. The van der Waals surface area contributed by atoms with Crippen LogP contribution in [-0.4, -0.2) is 11.1 Å². The van der Waals surface area contributed by atoms with Crippen molar-refractivity contribution in [1.82, 2.24) is 10.5 Å². The van der Waals surface area contributed by atoms with Gasteiger partial charge < -0.3 is 9.84 Å². The van der Waals surface area contributed by atoms with E-state index in [1.54, 1.807) is 18.2 Å². The van der Waals surface area contributed by atoms with Crippen molar-refractivity contribution in [2.75, 3.05) is 0 Å². The molecule has 0 saturated carbocycles. The fourth-order valence-electron chi connectivity index (χ4n) is 2.23. The summed E-state index contributed by atoms with van der Waals surface area (Å²) in [6, 6.07) is 18.4. The fraction of sp³-hybridized carbons (Fsp3) is 0.111. The molecule has 0 saturated heterocycles. The molecule has 1 N–H and O–H groups in total. The smallest absolute Gasteiger partial charge is 0.273 e. The highest BCUT2D eigenvalue weighted by molar-refractivity contribution is 6.30. The standard InChI is InChI=1S/C18H15ClN2O2/c1-12(13-5-3-2-4-6-13)20-18(22)16-11-17(23-21-16)14-7-9-15(19)10-8-14/h2-12H,1H3,(H,20,22)/t12-/m1/s1. The van der Waals surface area contributed by atoms with E-state index in [-0.39, 0.29) is 17.6 Å². The Morgan fingerprint density at radius 1 is 1.13 bits per heavy atom. The molecule has 1 aromatic heterocycles. The van der Waals surface area contributed by atoms with Gasteiger partial charge in [-0.15, -0.1) is 0 Å². The molecule has 1 amide bonds. The van der Waals surface area contributed by atoms with Crippen molar-refractivity contribution < 1.29 is 9.32 Å². The van der Waals surface area contributed by atoms with Crippen LogP contribution in [0.2, 0.25) is 5.02 Å². The number of benzene rings is 2. The number of aromatic nitrogens is 1. The summed E-state index contributed by atoms with van der Waals surface area (Å²) in [7, 11) is 0. The van der Waals surface area contributed by atoms with E-state index in [1.165, 1.54) is 0 Å². The second kappa shape index (κ2) is 6.67. The largest absolute Gasteiger partial charge is 0.355 e. The van der Waals surface area contributed by atoms with E-state index in [0.29, 0.717) is 10.8 Å². The van der Waals surface area contributed by atoms with Crippen LogP contribution < -0.4 is 5.32 Å². The lowest BCUT2D eigenvalue weighted by molar-refractivity contribution is 0.0931. The number of carbonyl (C=O) groups is 1. The minimum atomic E-state index is -0.273. The van der Waals surface area contributed by atoms with E-state index in [9.17, 15) is 4.79 Å². The van der Waals surface area contributed by atoms with Crippen LogP contribution in [0.5, 0.6) is 0 Å². The Morgan fingerprint density at radius 3 is 2.52 bits per heavy atom. The van der Waals surface area contributed by atoms with Gasteiger partial charge in [0.2, 0.25) is 0 Å². The molecule has 3 rings (SSSR count). The van der Waals surface area contributed by atoms with Gasteiger partial charge in [0.15, 0.2) is 11.5 Å². The molecule has 4 nitrogen and oxygen atoms in total. The predicted octanol–water partition coefficient (Wildman–Crippen LogP) is 4.49. The minimum Gasteiger partial charge on any atom is -0.355 e. The molecule has 5 heteroatoms. The average molecular weight is 327 g/mol. The zero-order valence-corrected chi connectivity index (χ0v) is 13.2. The van der Waals surface area contributed by atoms with Crippen LogP contribution in [0, 0.1) is 0 Å². The molecule has 0 fully saturated rings. The van der Waals surface area contributed by atoms with E-state index < -0.39 is 0 Å². The van der Waals surface area contributed by atoms with Crippen molar-refractivity contribution in [2.45, 2.75) is 13.0 Å². The van der Waals surface area contributed by atoms with E-state index >= 15 is 0 Å². The first-order valence-electron chi connectivity index (χ1n) is 7.22. The molecule has 0 unspecified atom stereocenters. The van der Waals surface area contributed by atoms with Gasteiger partial charge in [-0.2, -0.15) is 0 Å². The first-order chi connectivity index (χ1) is 11.1. The monoisotopic (exact) mass is 326 g/mol. The molecule has 0 aliphatic heterocycles. The second-order valence-corrected chi connectivity index (χ2v) is 5.63. The van der Waals surface area contributed by atoms with E-state index in [4.69, 9.17) is 16.1 Å². The molecule has 3 aromatic rings. The molecular weight excluding hydrogens is 312 g/mol. The molecule has 116 valence electrons. The maximum atomic E-state index is 12.3. The van der Waals surface area contributed by atoms with Gasteiger partial charge in [-0.05, 0) is 36.8 Å². The minimum absolute atomic E-state index is 0.112. The molecule has 1 atom stereocenters. The number of nitrogens with one attached hydrogen (secondary N) is 1. The highest BCUT2D eigenvalue weighted by atomic mass is 35.5. The van der Waals surface area contributed by atoms with Crippen molar-refractivity contribution in [3.05, 3.63) is 76.9 Å². The topological polar surface area (TPSA) is 55.1 Å². The molecule has 0 aliphatic carbocycles. The van der Waals surface area contributed by atoms with Crippen LogP contribution in [0.4, 0.5) is 0 Å². The van der Waals surface area contributed by atoms with Gasteiger partial charge in [0, 0.05) is 16.7 Å². The van der Waals surface area contributed by atoms with Gasteiger partial charge in [0.05, 0.1) is 6.04 Å². The summed E-state index contributed by atoms with van der Waals surface area (Å²) in [6.07, 6.45) is 0. The predicted molar refractivity (Wildman–Crippen MR) is 89.3 cm³/mol. The van der Waals surface area contributed by atoms with Crippen LogP contribution in [0.15, 0.2) is 65.2 Å². The lowest BCUT2D eigenvalue weighted by Gasteiger charge is -2.12. The maximum absolute atomic E-state index is 12.3. The lowest BCUT2D eigenvalue weighted by Crippen LogP contribution is -2.26. The molecule has 0 aliphatic rings. The third-order valence-electron chi connectivity index (χ3n) is 3.52. The molecule has 0 bridgehead atoms. The summed E-state index contributed by atoms with van der Waals surface area (Å²) < 4.78 is 5.25. The normalized spacial score (nSPS) is 11.9. The zero-order chi connectivity index (χ0) is 16.2. The van der Waals surface area contributed by atoms with Crippen LogP contribution in [0.1, 0.15) is 29.0 Å². The van der Waals surface area contributed by atoms with Gasteiger partial charge in [0.1, 0.15) is 0 Å². The third kappa shape index (κ3) is 3.60. The van der Waals surface area contributed by atoms with E-state index in [2.05, 4.69) is 10.5 Å². The Hall–Kier alpha value is -2.59. The van der Waals surface area contributed by atoms with Crippen LogP contribution in [-0.2, 0) is 0 Å². The third-order valence-corrected chi connectivity index (χ3v) is 3.77. The van der Waals surface area contributed by atoms with Gasteiger partial charge in [0.25, 0.3) is 5.91 Å². The molecule has 23 heavy (non-hydrogen) atoms. The van der Waals surface area contributed by atoms with Crippen molar-refractivity contribution >= 4 is 17.5 Å². The van der Waals surface area contributed by atoms with E-state index in [1.807, 2.05) is 49.4 Å². The second-order valence-electron chi connectivity index (χ2n) is 5.19. The van der Waals surface area contributed by atoms with E-state index in [0.717, 1.165) is 11.1 Å². The Labute approximate surface area is 139 Å². The molecule has 2 aromatic carbocycles. The highest BCUT2D eigenvalue weighted by Gasteiger charge is 2.16. The van der Waals surface area contributed by atoms with Crippen LogP contribution in [0.25, 0.3) is 11.3 Å². The summed E-state index contributed by atoms with van der Waals surface area (Å²) in [6.45, 7) is 1.92. The molecular formula is C18H15ClN2O2. The number of amides is 1. The van der Waals surface area contributed by atoms with Crippen molar-refractivity contribution in [3.8, 4) is 11.3 Å². The number of hydrogen-bond acceptors (Lipinski definition) is 3. The number of carbonyl (C=O) groups excluding carboxylic acids is 1. The Kier molecular flexibility index (Phi) is 4.44. The number of hydrogen-bond donors (Lipinski definition) is 1. The fourth-order valence-corrected chi connectivity index (χ4v) is 2.35. The SMILES string of the molecule is C[C@@H](NC(=O)c1cc(-c2ccc(Cl)cc2)on1)c1ccccc1. The summed E-state index contributed by atoms with van der Waals surface area (Å²) in [5.74, 6) is 0.254. The van der Waals surface area contributed by atoms with Gasteiger partial charge in [-0.25, -0.2) is 0 Å². The number of halogens is 1.